The second-order valence-electron chi connectivity index (χ2n) is 4.22. The van der Waals surface area contributed by atoms with Crippen LogP contribution in [-0.2, 0) is 0 Å². The molecule has 0 spiro atoms. The minimum atomic E-state index is 1.20. The van der Waals surface area contributed by atoms with Crippen LogP contribution in [0.15, 0.2) is 31.8 Å². The van der Waals surface area contributed by atoms with Gasteiger partial charge >= 0.3 is 0 Å². The Morgan fingerprint density at radius 3 is 1.42 bits per heavy atom. The Morgan fingerprint density at radius 2 is 1.11 bits per heavy atom. The third-order valence-electron chi connectivity index (χ3n) is 2.80. The lowest BCUT2D eigenvalue weighted by Gasteiger charge is -2.01. The van der Waals surface area contributed by atoms with E-state index in [9.17, 15) is 0 Å². The van der Waals surface area contributed by atoms with Gasteiger partial charge in [-0.1, -0.05) is 0 Å². The van der Waals surface area contributed by atoms with Crippen LogP contribution in [-0.4, -0.2) is 0 Å². The molecule has 0 saturated carbocycles. The molecule has 0 N–H and O–H groups in total. The van der Waals surface area contributed by atoms with Gasteiger partial charge in [0.2, 0.25) is 0 Å². The highest BCUT2D eigenvalue weighted by Crippen LogP contribution is 2.51. The van der Waals surface area contributed by atoms with E-state index in [0.29, 0.717) is 0 Å². The molecule has 0 fully saturated rings. The summed E-state index contributed by atoms with van der Waals surface area (Å²) in [6.45, 7) is 4.30. The van der Waals surface area contributed by atoms with Crippen molar-refractivity contribution in [3.05, 3.63) is 41.6 Å². The molecule has 0 bridgehead atoms. The lowest BCUT2D eigenvalue weighted by Crippen LogP contribution is -1.75. The van der Waals surface area contributed by atoms with Gasteiger partial charge in [-0.3, -0.25) is 0 Å². The highest BCUT2D eigenvalue weighted by atomic mass is 79.9. The molecule has 3 heterocycles. The Balaban J connectivity index is 2.25. The zero-order valence-corrected chi connectivity index (χ0v) is 15.9. The van der Waals surface area contributed by atoms with Crippen LogP contribution in [0.1, 0.15) is 9.75 Å². The zero-order valence-electron chi connectivity index (χ0n) is 10.3. The fraction of sp³-hybridized carbons (Fsp3) is 0.143. The lowest BCUT2D eigenvalue weighted by atomic mass is 10.1. The summed E-state index contributed by atoms with van der Waals surface area (Å²) in [5, 5.41) is 0. The molecule has 0 aliphatic carbocycles. The van der Waals surface area contributed by atoms with Gasteiger partial charge < -0.3 is 0 Å². The van der Waals surface area contributed by atoms with Crippen LogP contribution < -0.4 is 0 Å². The molecular weight excluding hydrogens is 424 g/mol. The molecule has 0 nitrogen and oxygen atoms in total. The minimum Gasteiger partial charge on any atom is -0.141 e. The monoisotopic (exact) mass is 432 g/mol. The molecule has 98 valence electrons. The third kappa shape index (κ3) is 2.63. The fourth-order valence-electron chi connectivity index (χ4n) is 1.96. The number of hydrogen-bond donors (Lipinski definition) is 0. The van der Waals surface area contributed by atoms with Gasteiger partial charge in [0.05, 0.1) is 7.57 Å². The van der Waals surface area contributed by atoms with Gasteiger partial charge in [-0.2, -0.15) is 0 Å². The largest absolute Gasteiger partial charge is 0.141 e. The number of thiophene rings is 3. The van der Waals surface area contributed by atoms with Gasteiger partial charge in [0.25, 0.3) is 0 Å². The zero-order chi connectivity index (χ0) is 13.6. The Kier molecular flexibility index (Phi) is 4.02. The summed E-state index contributed by atoms with van der Waals surface area (Å²) in [4.78, 5) is 5.34. The van der Waals surface area contributed by atoms with E-state index in [2.05, 4.69) is 70.0 Å². The standard InChI is InChI=1S/C14H10Br2S3/c1-7-3-5-9(17-7)11-12(14(16)19-13(11)15)10-6-4-8(2)18-10/h3-6H,1-2H3. The number of aryl methyl sites for hydroxylation is 2. The van der Waals surface area contributed by atoms with Crippen molar-refractivity contribution in [3.63, 3.8) is 0 Å². The molecule has 0 aliphatic heterocycles. The minimum absolute atomic E-state index is 1.20. The van der Waals surface area contributed by atoms with Gasteiger partial charge in [0, 0.05) is 30.6 Å². The van der Waals surface area contributed by atoms with Gasteiger partial charge in [-0.15, -0.1) is 34.0 Å². The van der Waals surface area contributed by atoms with Crippen molar-refractivity contribution >= 4 is 65.9 Å². The first kappa shape index (κ1) is 14.0. The molecular formula is C14H10Br2S3. The van der Waals surface area contributed by atoms with E-state index in [1.165, 1.54) is 38.2 Å². The van der Waals surface area contributed by atoms with E-state index < -0.39 is 0 Å². The van der Waals surface area contributed by atoms with Crippen LogP contribution in [0.25, 0.3) is 20.9 Å². The van der Waals surface area contributed by atoms with Crippen LogP contribution in [0.3, 0.4) is 0 Å². The predicted octanol–water partition coefficient (Wildman–Crippen LogP) is 7.35. The molecule has 0 aliphatic rings. The van der Waals surface area contributed by atoms with Crippen molar-refractivity contribution in [3.8, 4) is 20.9 Å². The molecule has 19 heavy (non-hydrogen) atoms. The normalized spacial score (nSPS) is 11.2. The summed E-state index contributed by atoms with van der Waals surface area (Å²) in [6, 6.07) is 8.79. The van der Waals surface area contributed by atoms with E-state index in [0.717, 1.165) is 0 Å². The maximum atomic E-state index is 3.72. The Labute approximate surface area is 141 Å². The average Bonchev–Trinajstić information content (AvgIpc) is 2.99. The van der Waals surface area contributed by atoms with E-state index in [4.69, 9.17) is 0 Å². The summed E-state index contributed by atoms with van der Waals surface area (Å²) in [5.41, 5.74) is 2.63. The van der Waals surface area contributed by atoms with E-state index >= 15 is 0 Å². The molecule has 0 saturated heterocycles. The highest BCUT2D eigenvalue weighted by Gasteiger charge is 2.20. The van der Waals surface area contributed by atoms with E-state index in [1.54, 1.807) is 11.3 Å². The number of rotatable bonds is 2. The maximum absolute atomic E-state index is 3.72. The Morgan fingerprint density at radius 1 is 0.684 bits per heavy atom. The van der Waals surface area contributed by atoms with Crippen molar-refractivity contribution in [1.82, 2.24) is 0 Å². The smallest absolute Gasteiger partial charge is 0.0803 e. The summed E-state index contributed by atoms with van der Waals surface area (Å²) in [6.07, 6.45) is 0. The number of hydrogen-bond acceptors (Lipinski definition) is 3. The molecule has 3 aromatic rings. The van der Waals surface area contributed by atoms with Crippen LogP contribution in [0.5, 0.6) is 0 Å². The maximum Gasteiger partial charge on any atom is 0.0803 e. The topological polar surface area (TPSA) is 0 Å². The van der Waals surface area contributed by atoms with Crippen molar-refractivity contribution in [2.75, 3.05) is 0 Å². The lowest BCUT2D eigenvalue weighted by molar-refractivity contribution is 1.64. The second kappa shape index (κ2) is 5.45. The molecule has 0 aromatic carbocycles. The predicted molar refractivity (Wildman–Crippen MR) is 95.8 cm³/mol. The molecule has 0 atom stereocenters. The summed E-state index contributed by atoms with van der Waals surface area (Å²) >= 11 is 12.9. The highest BCUT2D eigenvalue weighted by molar-refractivity contribution is 9.12. The Bertz CT molecular complexity index is 673. The quantitative estimate of drug-likeness (QED) is 0.396. The average molecular weight is 434 g/mol. The fourth-order valence-corrected chi connectivity index (χ4v) is 7.43. The molecule has 0 unspecified atom stereocenters. The van der Waals surface area contributed by atoms with Crippen LogP contribution in [0.2, 0.25) is 0 Å². The molecule has 3 rings (SSSR count). The van der Waals surface area contributed by atoms with E-state index in [-0.39, 0.29) is 0 Å². The van der Waals surface area contributed by atoms with E-state index in [1.807, 2.05) is 22.7 Å². The van der Waals surface area contributed by atoms with Gasteiger partial charge in [-0.05, 0) is 70.0 Å². The van der Waals surface area contributed by atoms with Crippen LogP contribution in [0.4, 0.5) is 0 Å². The van der Waals surface area contributed by atoms with Crippen LogP contribution in [0, 0.1) is 13.8 Å². The summed E-state index contributed by atoms with van der Waals surface area (Å²) in [5.74, 6) is 0. The van der Waals surface area contributed by atoms with Gasteiger partial charge in [-0.25, -0.2) is 0 Å². The van der Waals surface area contributed by atoms with Gasteiger partial charge in [0.15, 0.2) is 0 Å². The molecule has 5 heteroatoms. The second-order valence-corrected chi connectivity index (χ2v) is 10.5. The summed E-state index contributed by atoms with van der Waals surface area (Å²) < 4.78 is 2.39. The SMILES string of the molecule is Cc1ccc(-c2c(Br)sc(Br)c2-c2ccc(C)s2)s1. The molecule has 3 aromatic heterocycles. The summed E-state index contributed by atoms with van der Waals surface area (Å²) in [7, 11) is 0. The van der Waals surface area contributed by atoms with Crippen molar-refractivity contribution in [2.24, 2.45) is 0 Å². The van der Waals surface area contributed by atoms with Crippen molar-refractivity contribution in [1.29, 1.82) is 0 Å². The van der Waals surface area contributed by atoms with Gasteiger partial charge in [0.1, 0.15) is 0 Å². The van der Waals surface area contributed by atoms with Crippen molar-refractivity contribution < 1.29 is 0 Å². The number of halogens is 2. The first-order chi connectivity index (χ1) is 9.06. The third-order valence-corrected chi connectivity index (χ3v) is 7.36. The van der Waals surface area contributed by atoms with Crippen molar-refractivity contribution in [2.45, 2.75) is 13.8 Å². The first-order valence-corrected chi connectivity index (χ1v) is 9.71. The van der Waals surface area contributed by atoms with Crippen LogP contribution >= 0.6 is 65.9 Å². The first-order valence-electron chi connectivity index (χ1n) is 5.67. The molecule has 0 amide bonds. The molecule has 0 radical (unpaired) electrons. The Hall–Kier alpha value is 0.0600.